The predicted octanol–water partition coefficient (Wildman–Crippen LogP) is 6.99. The van der Waals surface area contributed by atoms with Crippen LogP contribution >= 0.6 is 34.5 Å². The predicted molar refractivity (Wildman–Crippen MR) is 152 cm³/mol. The normalized spacial score (nSPS) is 14.4. The summed E-state index contributed by atoms with van der Waals surface area (Å²) in [6, 6.07) is 23.7. The Bertz CT molecular complexity index is 1560. The molecule has 0 unspecified atom stereocenters. The number of benzene rings is 2. The fraction of sp³-hybridized carbons (Fsp3) is 0.172. The van der Waals surface area contributed by atoms with Crippen molar-refractivity contribution in [3.63, 3.8) is 0 Å². The molecule has 186 valence electrons. The zero-order chi connectivity index (χ0) is 25.4. The van der Waals surface area contributed by atoms with E-state index in [0.717, 1.165) is 58.2 Å². The maximum Gasteiger partial charge on any atom is 0.264 e. The molecule has 5 nitrogen and oxygen atoms in total. The molecule has 0 atom stereocenters. The number of rotatable bonds is 5. The maximum absolute atomic E-state index is 12.8. The number of aromatic nitrogens is 2. The van der Waals surface area contributed by atoms with Gasteiger partial charge in [0.05, 0.1) is 16.3 Å². The van der Waals surface area contributed by atoms with Gasteiger partial charge in [-0.2, -0.15) is 0 Å². The summed E-state index contributed by atoms with van der Waals surface area (Å²) in [5.41, 5.74) is 6.10. The van der Waals surface area contributed by atoms with Crippen molar-refractivity contribution in [3.05, 3.63) is 105 Å². The number of imidazole rings is 1. The summed E-state index contributed by atoms with van der Waals surface area (Å²) in [5, 5.41) is 3.36. The third-order valence-electron chi connectivity index (χ3n) is 6.76. The number of nitrogens with zero attached hydrogens (tertiary/aromatic N) is 4. The molecule has 1 amide bonds. The first kappa shape index (κ1) is 24.2. The second-order valence-corrected chi connectivity index (χ2v) is 10.9. The van der Waals surface area contributed by atoms with Crippen molar-refractivity contribution >= 4 is 46.1 Å². The Morgan fingerprint density at radius 2 is 1.62 bits per heavy atom. The summed E-state index contributed by atoms with van der Waals surface area (Å²) in [6.07, 6.45) is 2.14. The lowest BCUT2D eigenvalue weighted by Gasteiger charge is -2.34. The molecule has 8 heteroatoms. The standard InChI is InChI=1S/C29H24Cl2N4OS/c30-23-9-6-20(7-10-23)28-25(19-33-12-14-34(15-13-33)29(36)26-5-2-16-37-26)35-18-22(8-11-27(35)32-28)21-3-1-4-24(31)17-21/h1-11,16-18H,12-15,19H2. The molecule has 4 heterocycles. The molecule has 0 N–H and O–H groups in total. The van der Waals surface area contributed by atoms with E-state index in [1.54, 1.807) is 0 Å². The first-order valence-electron chi connectivity index (χ1n) is 12.1. The molecule has 0 aliphatic carbocycles. The minimum absolute atomic E-state index is 0.123. The Morgan fingerprint density at radius 1 is 0.838 bits per heavy atom. The Hall–Kier alpha value is -3.16. The van der Waals surface area contributed by atoms with Crippen molar-refractivity contribution < 1.29 is 4.79 Å². The van der Waals surface area contributed by atoms with E-state index in [0.29, 0.717) is 23.1 Å². The minimum atomic E-state index is 0.123. The van der Waals surface area contributed by atoms with Crippen LogP contribution in [0.1, 0.15) is 15.4 Å². The summed E-state index contributed by atoms with van der Waals surface area (Å²) in [4.78, 5) is 23.0. The van der Waals surface area contributed by atoms with Crippen LogP contribution in [0.3, 0.4) is 0 Å². The van der Waals surface area contributed by atoms with Crippen LogP contribution in [0.25, 0.3) is 28.0 Å². The molecular weight excluding hydrogens is 523 g/mol. The summed E-state index contributed by atoms with van der Waals surface area (Å²) >= 11 is 13.9. The molecule has 6 rings (SSSR count). The number of carbonyl (C=O) groups is 1. The number of hydrogen-bond donors (Lipinski definition) is 0. The van der Waals surface area contributed by atoms with E-state index in [4.69, 9.17) is 28.2 Å². The second-order valence-electron chi connectivity index (χ2n) is 9.12. The summed E-state index contributed by atoms with van der Waals surface area (Å²) in [7, 11) is 0. The molecule has 1 fully saturated rings. The molecule has 2 aromatic carbocycles. The molecule has 0 spiro atoms. The third kappa shape index (κ3) is 5.03. The Kier molecular flexibility index (Phi) is 6.74. The first-order valence-corrected chi connectivity index (χ1v) is 13.8. The molecule has 3 aromatic heterocycles. The molecule has 5 aromatic rings. The molecule has 0 saturated carbocycles. The largest absolute Gasteiger partial charge is 0.335 e. The zero-order valence-electron chi connectivity index (χ0n) is 20.0. The van der Waals surface area contributed by atoms with E-state index in [1.165, 1.54) is 11.3 Å². The van der Waals surface area contributed by atoms with Gasteiger partial charge in [-0.15, -0.1) is 11.3 Å². The summed E-state index contributed by atoms with van der Waals surface area (Å²) < 4.78 is 2.18. The van der Waals surface area contributed by atoms with Gasteiger partial charge in [-0.1, -0.05) is 53.5 Å². The highest BCUT2D eigenvalue weighted by Gasteiger charge is 2.25. The van der Waals surface area contributed by atoms with Gasteiger partial charge in [-0.3, -0.25) is 9.69 Å². The van der Waals surface area contributed by atoms with E-state index in [-0.39, 0.29) is 5.91 Å². The fourth-order valence-corrected chi connectivity index (χ4v) is 5.81. The molecule has 37 heavy (non-hydrogen) atoms. The van der Waals surface area contributed by atoms with Crippen molar-refractivity contribution in [3.8, 4) is 22.4 Å². The monoisotopic (exact) mass is 546 g/mol. The van der Waals surface area contributed by atoms with Crippen LogP contribution < -0.4 is 0 Å². The van der Waals surface area contributed by atoms with Crippen LogP contribution in [0, 0.1) is 0 Å². The van der Waals surface area contributed by atoms with Gasteiger partial charge in [0.15, 0.2) is 0 Å². The molecule has 0 radical (unpaired) electrons. The topological polar surface area (TPSA) is 40.9 Å². The lowest BCUT2D eigenvalue weighted by molar-refractivity contribution is 0.0631. The van der Waals surface area contributed by atoms with Crippen LogP contribution in [0.4, 0.5) is 0 Å². The SMILES string of the molecule is O=C(c1cccs1)N1CCN(Cc2c(-c3ccc(Cl)cc3)nc3ccc(-c4cccc(Cl)c4)cn23)CC1. The molecular formula is C29H24Cl2N4OS. The molecule has 0 bridgehead atoms. The van der Waals surface area contributed by atoms with Gasteiger partial charge in [0.2, 0.25) is 0 Å². The van der Waals surface area contributed by atoms with Crippen molar-refractivity contribution in [2.24, 2.45) is 0 Å². The molecule has 1 aliphatic heterocycles. The van der Waals surface area contributed by atoms with Gasteiger partial charge < -0.3 is 9.30 Å². The second kappa shape index (κ2) is 10.3. The number of piperazine rings is 1. The van der Waals surface area contributed by atoms with Crippen LogP contribution in [0.15, 0.2) is 84.4 Å². The number of pyridine rings is 1. The fourth-order valence-electron chi connectivity index (χ4n) is 4.80. The Morgan fingerprint density at radius 3 is 2.35 bits per heavy atom. The van der Waals surface area contributed by atoms with Gasteiger partial charge in [-0.25, -0.2) is 4.98 Å². The third-order valence-corrected chi connectivity index (χ3v) is 8.10. The van der Waals surface area contributed by atoms with E-state index in [1.807, 2.05) is 64.9 Å². The number of fused-ring (bicyclic) bond motifs is 1. The van der Waals surface area contributed by atoms with Crippen molar-refractivity contribution in [2.45, 2.75) is 6.54 Å². The van der Waals surface area contributed by atoms with Gasteiger partial charge in [0, 0.05) is 54.5 Å². The molecule has 1 saturated heterocycles. The number of carbonyl (C=O) groups excluding carboxylic acids is 1. The van der Waals surface area contributed by atoms with Crippen LogP contribution in [-0.2, 0) is 6.54 Å². The van der Waals surface area contributed by atoms with Crippen molar-refractivity contribution in [1.29, 1.82) is 0 Å². The zero-order valence-corrected chi connectivity index (χ0v) is 22.3. The highest BCUT2D eigenvalue weighted by Crippen LogP contribution is 2.30. The summed E-state index contributed by atoms with van der Waals surface area (Å²) in [6.45, 7) is 3.74. The Labute approximate surface area is 229 Å². The van der Waals surface area contributed by atoms with Crippen molar-refractivity contribution in [2.75, 3.05) is 26.2 Å². The lowest BCUT2D eigenvalue weighted by Crippen LogP contribution is -2.48. The average Bonchev–Trinajstić information content (AvgIpc) is 3.58. The Balaban J connectivity index is 1.33. The van der Waals surface area contributed by atoms with Gasteiger partial charge in [0.1, 0.15) is 5.65 Å². The van der Waals surface area contributed by atoms with E-state index in [2.05, 4.69) is 33.7 Å². The van der Waals surface area contributed by atoms with E-state index in [9.17, 15) is 4.79 Å². The van der Waals surface area contributed by atoms with Gasteiger partial charge >= 0.3 is 0 Å². The average molecular weight is 548 g/mol. The smallest absolute Gasteiger partial charge is 0.264 e. The quantitative estimate of drug-likeness (QED) is 0.238. The molecule has 1 aliphatic rings. The van der Waals surface area contributed by atoms with Crippen molar-refractivity contribution in [1.82, 2.24) is 19.2 Å². The van der Waals surface area contributed by atoms with Crippen LogP contribution in [-0.4, -0.2) is 51.3 Å². The number of thiophene rings is 1. The van der Waals surface area contributed by atoms with Gasteiger partial charge in [0.25, 0.3) is 5.91 Å². The highest BCUT2D eigenvalue weighted by atomic mass is 35.5. The first-order chi connectivity index (χ1) is 18.0. The number of amides is 1. The summed E-state index contributed by atoms with van der Waals surface area (Å²) in [5.74, 6) is 0.123. The number of halogens is 2. The van der Waals surface area contributed by atoms with Gasteiger partial charge in [-0.05, 0) is 59.0 Å². The van der Waals surface area contributed by atoms with E-state index >= 15 is 0 Å². The van der Waals surface area contributed by atoms with E-state index < -0.39 is 0 Å². The lowest BCUT2D eigenvalue weighted by atomic mass is 10.1. The maximum atomic E-state index is 12.8. The highest BCUT2D eigenvalue weighted by molar-refractivity contribution is 7.12. The van der Waals surface area contributed by atoms with Crippen LogP contribution in [0.2, 0.25) is 10.0 Å². The van der Waals surface area contributed by atoms with Crippen LogP contribution in [0.5, 0.6) is 0 Å². The minimum Gasteiger partial charge on any atom is -0.335 e. The number of hydrogen-bond acceptors (Lipinski definition) is 4.